The molecule has 3 atom stereocenters. The Balaban J connectivity index is 2.11. The van der Waals surface area contributed by atoms with Gasteiger partial charge in [-0.25, -0.2) is 8.42 Å². The third-order valence-corrected chi connectivity index (χ3v) is 7.52. The third-order valence-electron chi connectivity index (χ3n) is 5.17. The van der Waals surface area contributed by atoms with Crippen LogP contribution < -0.4 is 0 Å². The van der Waals surface area contributed by atoms with E-state index in [2.05, 4.69) is 6.58 Å². The molecule has 0 radical (unpaired) electrons. The van der Waals surface area contributed by atoms with Gasteiger partial charge in [-0.15, -0.1) is 6.58 Å². The molecule has 2 saturated heterocycles. The monoisotopic (exact) mass is 446 g/mol. The lowest BCUT2D eigenvalue weighted by Gasteiger charge is -2.40. The number of benzene rings is 1. The van der Waals surface area contributed by atoms with Gasteiger partial charge in [0.2, 0.25) is 15.9 Å². The van der Waals surface area contributed by atoms with Gasteiger partial charge in [0.25, 0.3) is 0 Å². The van der Waals surface area contributed by atoms with Gasteiger partial charge < -0.3 is 10.0 Å². The lowest BCUT2D eigenvalue weighted by atomic mass is 9.90. The standard InChI is InChI=1S/C18H20Cl2N2O5S/c1-2-11-9-21(10-17(23)24)18(25)16-5-3-4-15(11)22(16)28(26,27)14-7-12(19)6-13(20)8-14/h2,6-8,11,15-16H,1,3-5,9-10H2,(H,23,24)/t11-,15+,16-/m0/s1. The molecule has 3 rings (SSSR count). The van der Waals surface area contributed by atoms with Crippen molar-refractivity contribution >= 4 is 45.1 Å². The summed E-state index contributed by atoms with van der Waals surface area (Å²) in [6, 6.07) is 2.56. The first-order chi connectivity index (χ1) is 13.1. The highest BCUT2D eigenvalue weighted by molar-refractivity contribution is 7.89. The molecule has 2 aliphatic heterocycles. The van der Waals surface area contributed by atoms with Crippen LogP contribution in [0.1, 0.15) is 19.3 Å². The fourth-order valence-electron chi connectivity index (χ4n) is 4.00. The molecule has 0 unspecified atom stereocenters. The third kappa shape index (κ3) is 3.91. The Hall–Kier alpha value is -1.61. The highest BCUT2D eigenvalue weighted by Crippen LogP contribution is 2.38. The van der Waals surface area contributed by atoms with Gasteiger partial charge in [0, 0.05) is 28.5 Å². The fourth-order valence-corrected chi connectivity index (χ4v) is 6.60. The summed E-state index contributed by atoms with van der Waals surface area (Å²) in [7, 11) is -4.10. The van der Waals surface area contributed by atoms with Crippen molar-refractivity contribution in [3.8, 4) is 0 Å². The van der Waals surface area contributed by atoms with E-state index in [0.29, 0.717) is 19.3 Å². The Morgan fingerprint density at radius 3 is 2.46 bits per heavy atom. The molecule has 2 bridgehead atoms. The average Bonchev–Trinajstić information content (AvgIpc) is 2.68. The number of fused-ring (bicyclic) bond motifs is 2. The first kappa shape index (κ1) is 21.1. The van der Waals surface area contributed by atoms with Crippen LogP contribution in [0.5, 0.6) is 0 Å². The van der Waals surface area contributed by atoms with Gasteiger partial charge >= 0.3 is 5.97 Å². The van der Waals surface area contributed by atoms with Crippen LogP contribution in [0.25, 0.3) is 0 Å². The average molecular weight is 447 g/mol. The fraction of sp³-hybridized carbons (Fsp3) is 0.444. The molecule has 152 valence electrons. The van der Waals surface area contributed by atoms with Crippen molar-refractivity contribution in [3.05, 3.63) is 40.9 Å². The van der Waals surface area contributed by atoms with Gasteiger partial charge in [0.15, 0.2) is 0 Å². The van der Waals surface area contributed by atoms with Gasteiger partial charge in [-0.3, -0.25) is 9.59 Å². The Bertz CT molecular complexity index is 900. The predicted octanol–water partition coefficient (Wildman–Crippen LogP) is 2.63. The number of piperidine rings is 1. The van der Waals surface area contributed by atoms with E-state index in [1.807, 2.05) is 0 Å². The Kier molecular flexibility index (Phi) is 6.05. The number of carboxylic acids is 1. The number of sulfonamides is 1. The molecule has 7 nitrogen and oxygen atoms in total. The van der Waals surface area contributed by atoms with E-state index in [4.69, 9.17) is 28.3 Å². The van der Waals surface area contributed by atoms with E-state index >= 15 is 0 Å². The van der Waals surface area contributed by atoms with Crippen LogP contribution in [0.3, 0.4) is 0 Å². The van der Waals surface area contributed by atoms with Crippen LogP contribution in [-0.4, -0.2) is 59.8 Å². The van der Waals surface area contributed by atoms with Gasteiger partial charge in [0.05, 0.1) is 4.90 Å². The zero-order valence-electron chi connectivity index (χ0n) is 14.9. The number of rotatable bonds is 5. The Labute approximate surface area is 173 Å². The number of nitrogens with zero attached hydrogens (tertiary/aromatic N) is 2. The summed E-state index contributed by atoms with van der Waals surface area (Å²) in [5, 5.41) is 9.50. The number of amides is 1. The molecule has 0 aliphatic carbocycles. The zero-order chi connectivity index (χ0) is 20.6. The summed E-state index contributed by atoms with van der Waals surface area (Å²) in [6.07, 6.45) is 3.13. The van der Waals surface area contributed by atoms with E-state index in [1.165, 1.54) is 27.4 Å². The SMILES string of the molecule is C=C[C@H]1CN(CC(=O)O)C(=O)[C@@H]2CCC[C@H]1N2S(=O)(=O)c1cc(Cl)cc(Cl)c1. The molecule has 2 aliphatic rings. The number of halogens is 2. The molecule has 0 aromatic heterocycles. The maximum atomic E-state index is 13.5. The second-order valence-electron chi connectivity index (χ2n) is 6.97. The Morgan fingerprint density at radius 1 is 1.25 bits per heavy atom. The van der Waals surface area contributed by atoms with Crippen molar-refractivity contribution in [3.63, 3.8) is 0 Å². The van der Waals surface area contributed by atoms with E-state index < -0.39 is 46.4 Å². The normalized spacial score (nSPS) is 26.0. The molecule has 1 aromatic carbocycles. The molecule has 1 aromatic rings. The first-order valence-corrected chi connectivity index (χ1v) is 11.0. The number of hydrogen-bond acceptors (Lipinski definition) is 4. The number of carbonyl (C=O) groups is 2. The van der Waals surface area contributed by atoms with Crippen molar-refractivity contribution in [2.45, 2.75) is 36.2 Å². The van der Waals surface area contributed by atoms with Gasteiger partial charge in [0.1, 0.15) is 12.6 Å². The van der Waals surface area contributed by atoms with Crippen molar-refractivity contribution in [1.82, 2.24) is 9.21 Å². The molecule has 28 heavy (non-hydrogen) atoms. The highest BCUT2D eigenvalue weighted by atomic mass is 35.5. The maximum Gasteiger partial charge on any atom is 0.323 e. The lowest BCUT2D eigenvalue weighted by Crippen LogP contribution is -2.54. The zero-order valence-corrected chi connectivity index (χ0v) is 17.3. The van der Waals surface area contributed by atoms with Crippen molar-refractivity contribution in [2.24, 2.45) is 5.92 Å². The maximum absolute atomic E-state index is 13.5. The minimum atomic E-state index is -4.10. The number of carbonyl (C=O) groups excluding carboxylic acids is 1. The molecular weight excluding hydrogens is 427 g/mol. The largest absolute Gasteiger partial charge is 0.480 e. The number of aliphatic carboxylic acids is 1. The molecular formula is C18H20Cl2N2O5S. The number of carboxylic acid groups (broad SMARTS) is 1. The molecule has 1 amide bonds. The van der Waals surface area contributed by atoms with Crippen molar-refractivity contribution in [2.75, 3.05) is 13.1 Å². The smallest absolute Gasteiger partial charge is 0.323 e. The lowest BCUT2D eigenvalue weighted by molar-refractivity contribution is -0.145. The molecule has 2 heterocycles. The molecule has 0 spiro atoms. The van der Waals surface area contributed by atoms with Gasteiger partial charge in [-0.1, -0.05) is 29.3 Å². The minimum Gasteiger partial charge on any atom is -0.480 e. The van der Waals surface area contributed by atoms with Crippen LogP contribution >= 0.6 is 23.2 Å². The van der Waals surface area contributed by atoms with Crippen LogP contribution in [0.4, 0.5) is 0 Å². The topological polar surface area (TPSA) is 95.0 Å². The van der Waals surface area contributed by atoms with E-state index in [1.54, 1.807) is 6.08 Å². The number of hydrogen-bond donors (Lipinski definition) is 1. The molecule has 1 N–H and O–H groups in total. The van der Waals surface area contributed by atoms with Crippen LogP contribution in [-0.2, 0) is 19.6 Å². The van der Waals surface area contributed by atoms with Crippen molar-refractivity contribution < 1.29 is 23.1 Å². The highest BCUT2D eigenvalue weighted by Gasteiger charge is 2.49. The predicted molar refractivity (Wildman–Crippen MR) is 105 cm³/mol. The summed E-state index contributed by atoms with van der Waals surface area (Å²) in [6.45, 7) is 3.41. The summed E-state index contributed by atoms with van der Waals surface area (Å²) in [5.74, 6) is -2.05. The molecule has 2 fully saturated rings. The van der Waals surface area contributed by atoms with E-state index in [-0.39, 0.29) is 21.5 Å². The second-order valence-corrected chi connectivity index (χ2v) is 9.68. The quantitative estimate of drug-likeness (QED) is 0.701. The Morgan fingerprint density at radius 2 is 1.89 bits per heavy atom. The van der Waals surface area contributed by atoms with Crippen LogP contribution in [0, 0.1) is 5.92 Å². The van der Waals surface area contributed by atoms with Crippen LogP contribution in [0.15, 0.2) is 35.7 Å². The molecule has 10 heteroatoms. The summed E-state index contributed by atoms with van der Waals surface area (Å²) in [4.78, 5) is 25.4. The minimum absolute atomic E-state index is 0.0933. The van der Waals surface area contributed by atoms with Crippen molar-refractivity contribution in [1.29, 1.82) is 0 Å². The van der Waals surface area contributed by atoms with E-state index in [9.17, 15) is 18.0 Å². The van der Waals surface area contributed by atoms with E-state index in [0.717, 1.165) is 0 Å². The van der Waals surface area contributed by atoms with Gasteiger partial charge in [-0.2, -0.15) is 4.31 Å². The summed E-state index contributed by atoms with van der Waals surface area (Å²) in [5.41, 5.74) is 0. The molecule has 0 saturated carbocycles. The second kappa shape index (κ2) is 8.02. The van der Waals surface area contributed by atoms with Crippen LogP contribution in [0.2, 0.25) is 10.0 Å². The van der Waals surface area contributed by atoms with Gasteiger partial charge in [-0.05, 0) is 37.5 Å². The summed E-state index contributed by atoms with van der Waals surface area (Å²) < 4.78 is 28.2. The summed E-state index contributed by atoms with van der Waals surface area (Å²) >= 11 is 12.0. The first-order valence-electron chi connectivity index (χ1n) is 8.78.